The van der Waals surface area contributed by atoms with Gasteiger partial charge in [0.05, 0.1) is 0 Å². The fourth-order valence-electron chi connectivity index (χ4n) is 5.92. The smallest absolute Gasteiger partial charge is 0.255 e. The molecule has 0 saturated carbocycles. The second-order valence-corrected chi connectivity index (χ2v) is 11.2. The molecule has 0 aromatic heterocycles. The SMILES string of the molecule is O=C1CCC(N2Cc3cc(CN4CCN(Cc5ccccc5-c5ccc(Cl)cc5)CC4)c(F)cc3C2=O)C(=O)N1. The van der Waals surface area contributed by atoms with Gasteiger partial charge >= 0.3 is 0 Å². The molecular formula is C31H30ClFN4O3. The first-order chi connectivity index (χ1) is 19.4. The summed E-state index contributed by atoms with van der Waals surface area (Å²) >= 11 is 6.08. The molecule has 3 aromatic carbocycles. The molecule has 3 aliphatic heterocycles. The summed E-state index contributed by atoms with van der Waals surface area (Å²) in [5.41, 5.74) is 5.17. The summed E-state index contributed by atoms with van der Waals surface area (Å²) in [6.07, 6.45) is 0.475. The zero-order valence-electron chi connectivity index (χ0n) is 22.0. The van der Waals surface area contributed by atoms with Gasteiger partial charge in [0.15, 0.2) is 0 Å². The van der Waals surface area contributed by atoms with Crippen LogP contribution in [-0.4, -0.2) is 64.6 Å². The topological polar surface area (TPSA) is 73.0 Å². The van der Waals surface area contributed by atoms with Gasteiger partial charge in [0.25, 0.3) is 5.91 Å². The summed E-state index contributed by atoms with van der Waals surface area (Å²) in [4.78, 5) is 42.9. The summed E-state index contributed by atoms with van der Waals surface area (Å²) in [5.74, 6) is -1.56. The molecule has 0 radical (unpaired) electrons. The van der Waals surface area contributed by atoms with Crippen LogP contribution in [0, 0.1) is 5.82 Å². The first-order valence-electron chi connectivity index (χ1n) is 13.6. The number of imide groups is 1. The maximum Gasteiger partial charge on any atom is 0.255 e. The van der Waals surface area contributed by atoms with Crippen molar-refractivity contribution in [3.05, 3.63) is 93.8 Å². The van der Waals surface area contributed by atoms with Crippen molar-refractivity contribution in [3.8, 4) is 11.1 Å². The summed E-state index contributed by atoms with van der Waals surface area (Å²) in [7, 11) is 0. The number of hydrogen-bond donors (Lipinski definition) is 1. The Morgan fingerprint density at radius 1 is 0.850 bits per heavy atom. The molecular weight excluding hydrogens is 531 g/mol. The molecule has 206 valence electrons. The van der Waals surface area contributed by atoms with Gasteiger partial charge in [-0.1, -0.05) is 48.0 Å². The van der Waals surface area contributed by atoms with Gasteiger partial charge in [-0.2, -0.15) is 0 Å². The van der Waals surface area contributed by atoms with Gasteiger partial charge in [0, 0.05) is 68.4 Å². The Labute approximate surface area is 237 Å². The lowest BCUT2D eigenvalue weighted by atomic mass is 9.99. The molecule has 7 nitrogen and oxygen atoms in total. The lowest BCUT2D eigenvalue weighted by molar-refractivity contribution is -0.136. The van der Waals surface area contributed by atoms with Crippen LogP contribution >= 0.6 is 11.6 Å². The Bertz CT molecular complexity index is 1470. The summed E-state index contributed by atoms with van der Waals surface area (Å²) in [5, 5.41) is 3.02. The highest BCUT2D eigenvalue weighted by atomic mass is 35.5. The molecule has 0 spiro atoms. The molecule has 6 rings (SSSR count). The number of benzene rings is 3. The zero-order valence-corrected chi connectivity index (χ0v) is 22.8. The molecule has 40 heavy (non-hydrogen) atoms. The van der Waals surface area contributed by atoms with E-state index < -0.39 is 17.8 Å². The number of rotatable bonds is 6. The van der Waals surface area contributed by atoms with Crippen LogP contribution in [0.2, 0.25) is 5.02 Å². The van der Waals surface area contributed by atoms with Crippen LogP contribution in [0.1, 0.15) is 39.9 Å². The summed E-state index contributed by atoms with van der Waals surface area (Å²) in [6, 6.07) is 18.7. The molecule has 2 saturated heterocycles. The Balaban J connectivity index is 1.08. The number of amides is 3. The predicted molar refractivity (Wildman–Crippen MR) is 150 cm³/mol. The Morgan fingerprint density at radius 3 is 2.23 bits per heavy atom. The lowest BCUT2D eigenvalue weighted by Gasteiger charge is -2.35. The molecule has 3 amide bonds. The third-order valence-corrected chi connectivity index (χ3v) is 8.37. The van der Waals surface area contributed by atoms with Gasteiger partial charge in [-0.05, 0) is 52.9 Å². The van der Waals surface area contributed by atoms with E-state index in [1.165, 1.54) is 22.1 Å². The summed E-state index contributed by atoms with van der Waals surface area (Å²) < 4.78 is 15.1. The van der Waals surface area contributed by atoms with E-state index >= 15 is 4.39 Å². The van der Waals surface area contributed by atoms with Crippen molar-refractivity contribution in [3.63, 3.8) is 0 Å². The average molecular weight is 561 g/mol. The first-order valence-corrected chi connectivity index (χ1v) is 14.0. The minimum absolute atomic E-state index is 0.189. The number of nitrogens with one attached hydrogen (secondary N) is 1. The van der Waals surface area contributed by atoms with Crippen LogP contribution in [-0.2, 0) is 29.2 Å². The molecule has 3 aliphatic rings. The molecule has 2 fully saturated rings. The number of fused-ring (bicyclic) bond motifs is 1. The number of halogens is 2. The molecule has 0 aliphatic carbocycles. The van der Waals surface area contributed by atoms with Crippen LogP contribution in [0.4, 0.5) is 4.39 Å². The van der Waals surface area contributed by atoms with Crippen molar-refractivity contribution in [1.82, 2.24) is 20.0 Å². The van der Waals surface area contributed by atoms with Gasteiger partial charge in [0.1, 0.15) is 11.9 Å². The zero-order chi connectivity index (χ0) is 27.8. The molecule has 0 bridgehead atoms. The predicted octanol–water partition coefficient (Wildman–Crippen LogP) is 4.22. The third-order valence-electron chi connectivity index (χ3n) is 8.12. The minimum atomic E-state index is -0.706. The highest BCUT2D eigenvalue weighted by Crippen LogP contribution is 2.30. The van der Waals surface area contributed by atoms with Crippen molar-refractivity contribution in [1.29, 1.82) is 0 Å². The average Bonchev–Trinajstić information content (AvgIpc) is 3.25. The van der Waals surface area contributed by atoms with E-state index in [1.807, 2.05) is 30.3 Å². The quantitative estimate of drug-likeness (QED) is 0.457. The van der Waals surface area contributed by atoms with Crippen molar-refractivity contribution in [2.24, 2.45) is 0 Å². The van der Waals surface area contributed by atoms with E-state index in [0.29, 0.717) is 17.7 Å². The highest BCUT2D eigenvalue weighted by molar-refractivity contribution is 6.30. The third kappa shape index (κ3) is 5.39. The van der Waals surface area contributed by atoms with Crippen LogP contribution in [0.25, 0.3) is 11.1 Å². The van der Waals surface area contributed by atoms with Crippen molar-refractivity contribution >= 4 is 29.3 Å². The molecule has 1 unspecified atom stereocenters. The van der Waals surface area contributed by atoms with Crippen molar-refractivity contribution in [2.75, 3.05) is 26.2 Å². The van der Waals surface area contributed by atoms with Crippen LogP contribution < -0.4 is 5.32 Å². The van der Waals surface area contributed by atoms with Crippen LogP contribution in [0.3, 0.4) is 0 Å². The second-order valence-electron chi connectivity index (χ2n) is 10.7. The number of carbonyl (C=O) groups excluding carboxylic acids is 3. The second kappa shape index (κ2) is 11.1. The van der Waals surface area contributed by atoms with Gasteiger partial charge in [-0.25, -0.2) is 4.39 Å². The number of piperidine rings is 1. The summed E-state index contributed by atoms with van der Waals surface area (Å²) in [6.45, 7) is 4.88. The molecule has 3 heterocycles. The Morgan fingerprint density at radius 2 is 1.52 bits per heavy atom. The van der Waals surface area contributed by atoms with E-state index in [4.69, 9.17) is 11.6 Å². The Hall–Kier alpha value is -3.59. The van der Waals surface area contributed by atoms with Gasteiger partial charge in [0.2, 0.25) is 11.8 Å². The van der Waals surface area contributed by atoms with Gasteiger partial charge < -0.3 is 4.90 Å². The van der Waals surface area contributed by atoms with E-state index in [9.17, 15) is 14.4 Å². The lowest BCUT2D eigenvalue weighted by Crippen LogP contribution is -2.52. The maximum absolute atomic E-state index is 15.1. The highest BCUT2D eigenvalue weighted by Gasteiger charge is 2.39. The maximum atomic E-state index is 15.1. The van der Waals surface area contributed by atoms with E-state index in [-0.39, 0.29) is 31.2 Å². The standard InChI is InChI=1S/C31H30ClFN4O3/c32-24-7-5-20(6-8-24)25-4-2-1-3-21(25)17-35-11-13-36(14-12-35)18-23-15-22-19-37(31(40)26(22)16-27(23)33)28-9-10-29(38)34-30(28)39/h1-8,15-16,28H,9-14,17-19H2,(H,34,38,39). The van der Waals surface area contributed by atoms with E-state index in [1.54, 1.807) is 6.07 Å². The van der Waals surface area contributed by atoms with Gasteiger partial charge in [-0.3, -0.25) is 29.5 Å². The van der Waals surface area contributed by atoms with E-state index in [0.717, 1.165) is 48.9 Å². The number of piperazine rings is 1. The monoisotopic (exact) mass is 560 g/mol. The number of hydrogen-bond acceptors (Lipinski definition) is 5. The van der Waals surface area contributed by atoms with Crippen LogP contribution in [0.5, 0.6) is 0 Å². The first kappa shape index (κ1) is 26.6. The fraction of sp³-hybridized carbons (Fsp3) is 0.323. The Kier molecular flexibility index (Phi) is 7.40. The van der Waals surface area contributed by atoms with Crippen molar-refractivity contribution in [2.45, 2.75) is 38.5 Å². The van der Waals surface area contributed by atoms with Crippen molar-refractivity contribution < 1.29 is 18.8 Å². The number of carbonyl (C=O) groups is 3. The molecule has 1 N–H and O–H groups in total. The van der Waals surface area contributed by atoms with E-state index in [2.05, 4.69) is 33.3 Å². The van der Waals surface area contributed by atoms with Gasteiger partial charge in [-0.15, -0.1) is 0 Å². The number of nitrogens with zero attached hydrogens (tertiary/aromatic N) is 3. The molecule has 3 aromatic rings. The fourth-order valence-corrected chi connectivity index (χ4v) is 6.04. The molecule has 1 atom stereocenters. The molecule has 9 heteroatoms. The normalized spacial score (nSPS) is 20.1. The minimum Gasteiger partial charge on any atom is -0.322 e. The largest absolute Gasteiger partial charge is 0.322 e. The van der Waals surface area contributed by atoms with Crippen LogP contribution in [0.15, 0.2) is 60.7 Å².